The molecule has 1 aliphatic heterocycles. The minimum Gasteiger partial charge on any atom is -0.495 e. The summed E-state index contributed by atoms with van der Waals surface area (Å²) < 4.78 is 5.46. The quantitative estimate of drug-likeness (QED) is 0.712. The Morgan fingerprint density at radius 2 is 1.75 bits per heavy atom. The van der Waals surface area contributed by atoms with Crippen LogP contribution in [-0.4, -0.2) is 49.1 Å². The van der Waals surface area contributed by atoms with E-state index >= 15 is 0 Å². The van der Waals surface area contributed by atoms with E-state index in [2.05, 4.69) is 21.3 Å². The number of ether oxygens (including phenoxy) is 1. The lowest BCUT2D eigenvalue weighted by atomic mass is 10.2. The number of rotatable bonds is 5. The molecule has 0 spiro atoms. The molecule has 0 bridgehead atoms. The SMILES string of the molecule is COc1ccccc1N1CCN(C(=O)c2csc(Nc3ccccc3)n2)CC1. The third kappa shape index (κ3) is 3.94. The molecular weight excluding hydrogens is 372 g/mol. The summed E-state index contributed by atoms with van der Waals surface area (Å²) in [6.07, 6.45) is 0. The molecule has 0 atom stereocenters. The zero-order chi connectivity index (χ0) is 19.3. The van der Waals surface area contributed by atoms with Crippen LogP contribution in [0.4, 0.5) is 16.5 Å². The van der Waals surface area contributed by atoms with Gasteiger partial charge in [0.15, 0.2) is 5.13 Å². The van der Waals surface area contributed by atoms with E-state index in [9.17, 15) is 4.79 Å². The van der Waals surface area contributed by atoms with Crippen LogP contribution < -0.4 is 15.0 Å². The van der Waals surface area contributed by atoms with E-state index in [0.717, 1.165) is 35.3 Å². The van der Waals surface area contributed by atoms with Crippen molar-refractivity contribution in [2.45, 2.75) is 0 Å². The molecular formula is C21H22N4O2S. The summed E-state index contributed by atoms with van der Waals surface area (Å²) >= 11 is 1.44. The predicted octanol–water partition coefficient (Wildman–Crippen LogP) is 3.86. The lowest BCUT2D eigenvalue weighted by Crippen LogP contribution is -2.49. The Morgan fingerprint density at radius 3 is 2.50 bits per heavy atom. The Kier molecular flexibility index (Phi) is 5.43. The molecule has 2 heterocycles. The van der Waals surface area contributed by atoms with Crippen LogP contribution in [0.3, 0.4) is 0 Å². The van der Waals surface area contributed by atoms with E-state index in [1.54, 1.807) is 7.11 Å². The van der Waals surface area contributed by atoms with Crippen LogP contribution in [0, 0.1) is 0 Å². The Bertz CT molecular complexity index is 936. The number of nitrogens with zero attached hydrogens (tertiary/aromatic N) is 3. The number of carbonyl (C=O) groups excluding carboxylic acids is 1. The number of piperazine rings is 1. The van der Waals surface area contributed by atoms with Crippen LogP contribution >= 0.6 is 11.3 Å². The fraction of sp³-hybridized carbons (Fsp3) is 0.238. The van der Waals surface area contributed by atoms with Gasteiger partial charge in [0.2, 0.25) is 0 Å². The average molecular weight is 395 g/mol. The van der Waals surface area contributed by atoms with Gasteiger partial charge < -0.3 is 19.9 Å². The first-order chi connectivity index (χ1) is 13.7. The average Bonchev–Trinajstić information content (AvgIpc) is 3.22. The molecule has 0 saturated carbocycles. The molecule has 28 heavy (non-hydrogen) atoms. The van der Waals surface area contributed by atoms with Gasteiger partial charge in [-0.25, -0.2) is 4.98 Å². The van der Waals surface area contributed by atoms with E-state index in [-0.39, 0.29) is 5.91 Å². The van der Waals surface area contributed by atoms with Gasteiger partial charge in [-0.05, 0) is 24.3 Å². The van der Waals surface area contributed by atoms with Gasteiger partial charge in [0, 0.05) is 37.2 Å². The summed E-state index contributed by atoms with van der Waals surface area (Å²) in [5, 5.41) is 5.78. The molecule has 1 saturated heterocycles. The third-order valence-electron chi connectivity index (χ3n) is 4.74. The van der Waals surface area contributed by atoms with Crippen LogP contribution in [0.5, 0.6) is 5.75 Å². The second-order valence-corrected chi connectivity index (χ2v) is 7.34. The molecule has 3 aromatic rings. The monoisotopic (exact) mass is 394 g/mol. The number of hydrogen-bond acceptors (Lipinski definition) is 6. The van der Waals surface area contributed by atoms with E-state index in [1.807, 2.05) is 58.8 Å². The lowest BCUT2D eigenvalue weighted by Gasteiger charge is -2.36. The highest BCUT2D eigenvalue weighted by Gasteiger charge is 2.25. The summed E-state index contributed by atoms with van der Waals surface area (Å²) in [5.41, 5.74) is 2.52. The van der Waals surface area contributed by atoms with Crippen LogP contribution in [-0.2, 0) is 0 Å². The number of hydrogen-bond donors (Lipinski definition) is 1. The smallest absolute Gasteiger partial charge is 0.273 e. The van der Waals surface area contributed by atoms with Crippen LogP contribution in [0.2, 0.25) is 0 Å². The zero-order valence-corrected chi connectivity index (χ0v) is 16.5. The van der Waals surface area contributed by atoms with E-state index in [0.29, 0.717) is 18.8 Å². The molecule has 1 N–H and O–H groups in total. The fourth-order valence-corrected chi connectivity index (χ4v) is 3.98. The fourth-order valence-electron chi connectivity index (χ4n) is 3.28. The standard InChI is InChI=1S/C21H22N4O2S/c1-27-19-10-6-5-9-18(19)24-11-13-25(14-12-24)20(26)17-15-28-21(23-17)22-16-7-3-2-4-8-16/h2-10,15H,11-14H2,1H3,(H,22,23). The van der Waals surface area contributed by atoms with Crippen molar-refractivity contribution in [2.75, 3.05) is 43.5 Å². The first-order valence-corrected chi connectivity index (χ1v) is 10.1. The number of nitrogens with one attached hydrogen (secondary N) is 1. The molecule has 0 unspecified atom stereocenters. The summed E-state index contributed by atoms with van der Waals surface area (Å²) in [5.74, 6) is 0.843. The zero-order valence-electron chi connectivity index (χ0n) is 15.7. The first-order valence-electron chi connectivity index (χ1n) is 9.19. The highest BCUT2D eigenvalue weighted by Crippen LogP contribution is 2.29. The topological polar surface area (TPSA) is 57.7 Å². The van der Waals surface area contributed by atoms with E-state index in [1.165, 1.54) is 11.3 Å². The van der Waals surface area contributed by atoms with Crippen LogP contribution in [0.25, 0.3) is 0 Å². The number of methoxy groups -OCH3 is 1. The van der Waals surface area contributed by atoms with Gasteiger partial charge in [-0.2, -0.15) is 0 Å². The summed E-state index contributed by atoms with van der Waals surface area (Å²) in [7, 11) is 1.68. The minimum atomic E-state index is -0.0166. The normalized spacial score (nSPS) is 14.0. The van der Waals surface area contributed by atoms with Crippen molar-refractivity contribution in [3.05, 3.63) is 65.7 Å². The maximum absolute atomic E-state index is 12.8. The second kappa shape index (κ2) is 8.31. The molecule has 6 nitrogen and oxygen atoms in total. The van der Waals surface area contributed by atoms with Gasteiger partial charge in [-0.15, -0.1) is 11.3 Å². The number of thiazole rings is 1. The molecule has 2 aromatic carbocycles. The van der Waals surface area contributed by atoms with E-state index in [4.69, 9.17) is 4.74 Å². The molecule has 1 amide bonds. The van der Waals surface area contributed by atoms with Crippen molar-refractivity contribution in [3.63, 3.8) is 0 Å². The van der Waals surface area contributed by atoms with Gasteiger partial charge >= 0.3 is 0 Å². The van der Waals surface area contributed by atoms with E-state index < -0.39 is 0 Å². The van der Waals surface area contributed by atoms with Gasteiger partial charge in [-0.3, -0.25) is 4.79 Å². The van der Waals surface area contributed by atoms with Crippen molar-refractivity contribution in [2.24, 2.45) is 0 Å². The minimum absolute atomic E-state index is 0.0166. The molecule has 1 fully saturated rings. The van der Waals surface area contributed by atoms with Crippen molar-refractivity contribution in [1.29, 1.82) is 0 Å². The van der Waals surface area contributed by atoms with Crippen LogP contribution in [0.15, 0.2) is 60.0 Å². The molecule has 4 rings (SSSR count). The van der Waals surface area contributed by atoms with Crippen molar-refractivity contribution in [3.8, 4) is 5.75 Å². The molecule has 1 aliphatic rings. The Balaban J connectivity index is 1.38. The van der Waals surface area contributed by atoms with Gasteiger partial charge in [0.25, 0.3) is 5.91 Å². The summed E-state index contributed by atoms with van der Waals surface area (Å²) in [6, 6.07) is 17.8. The van der Waals surface area contributed by atoms with Gasteiger partial charge in [0.1, 0.15) is 11.4 Å². The number of benzene rings is 2. The Labute approximate surface area is 168 Å². The second-order valence-electron chi connectivity index (χ2n) is 6.48. The molecule has 0 aliphatic carbocycles. The lowest BCUT2D eigenvalue weighted by molar-refractivity contribution is 0.0741. The largest absolute Gasteiger partial charge is 0.495 e. The van der Waals surface area contributed by atoms with Gasteiger partial charge in [0.05, 0.1) is 12.8 Å². The Hall–Kier alpha value is -3.06. The highest BCUT2D eigenvalue weighted by atomic mass is 32.1. The molecule has 0 radical (unpaired) electrons. The van der Waals surface area contributed by atoms with Crippen molar-refractivity contribution < 1.29 is 9.53 Å². The highest BCUT2D eigenvalue weighted by molar-refractivity contribution is 7.14. The number of anilines is 3. The predicted molar refractivity (Wildman–Crippen MR) is 113 cm³/mol. The Morgan fingerprint density at radius 1 is 1.04 bits per heavy atom. The van der Waals surface area contributed by atoms with Crippen molar-refractivity contribution in [1.82, 2.24) is 9.88 Å². The maximum Gasteiger partial charge on any atom is 0.273 e. The number of aromatic nitrogens is 1. The van der Waals surface area contributed by atoms with Crippen LogP contribution in [0.1, 0.15) is 10.5 Å². The first kappa shape index (κ1) is 18.3. The molecule has 1 aromatic heterocycles. The molecule has 7 heteroatoms. The number of carbonyl (C=O) groups is 1. The third-order valence-corrected chi connectivity index (χ3v) is 5.50. The number of amides is 1. The maximum atomic E-state index is 12.8. The summed E-state index contributed by atoms with van der Waals surface area (Å²) in [4.78, 5) is 21.4. The van der Waals surface area contributed by atoms with Gasteiger partial charge in [-0.1, -0.05) is 30.3 Å². The number of para-hydroxylation sites is 3. The van der Waals surface area contributed by atoms with Crippen molar-refractivity contribution >= 4 is 33.8 Å². The molecule has 144 valence electrons. The summed E-state index contributed by atoms with van der Waals surface area (Å²) in [6.45, 7) is 2.86.